The van der Waals surface area contributed by atoms with Crippen molar-refractivity contribution in [2.45, 2.75) is 38.8 Å². The summed E-state index contributed by atoms with van der Waals surface area (Å²) in [5.41, 5.74) is 1.87. The second-order valence-electron chi connectivity index (χ2n) is 8.37. The van der Waals surface area contributed by atoms with Crippen LogP contribution in [0.3, 0.4) is 0 Å². The zero-order valence-corrected chi connectivity index (χ0v) is 24.0. The van der Waals surface area contributed by atoms with Crippen LogP contribution in [0.25, 0.3) is 0 Å². The van der Waals surface area contributed by atoms with E-state index in [2.05, 4.69) is 44.1 Å². The van der Waals surface area contributed by atoms with E-state index in [0.29, 0.717) is 23.7 Å². The van der Waals surface area contributed by atoms with E-state index in [0.717, 1.165) is 32.9 Å². The highest BCUT2D eigenvalue weighted by molar-refractivity contribution is 9.10. The molecule has 0 fully saturated rings. The Morgan fingerprint density at radius 1 is 0.972 bits per heavy atom. The Morgan fingerprint density at radius 3 is 2.39 bits per heavy atom. The third kappa shape index (κ3) is 8.64. The van der Waals surface area contributed by atoms with Gasteiger partial charge in [0.1, 0.15) is 11.8 Å². The SMILES string of the molecule is CCCCNC(=O)[C@@H](Cc1ccccc1)N(Cc1cccc(Br)c1)C(=O)COc1ccc(Br)cc1Cl. The molecule has 0 radical (unpaired) electrons. The van der Waals surface area contributed by atoms with Crippen molar-refractivity contribution in [1.29, 1.82) is 0 Å². The largest absolute Gasteiger partial charge is 0.482 e. The normalized spacial score (nSPS) is 11.6. The molecule has 1 N–H and O–H groups in total. The number of nitrogens with zero attached hydrogens (tertiary/aromatic N) is 1. The Bertz CT molecular complexity index is 1160. The van der Waals surface area contributed by atoms with Gasteiger partial charge >= 0.3 is 0 Å². The Balaban J connectivity index is 1.89. The Hall–Kier alpha value is -2.35. The van der Waals surface area contributed by atoms with Gasteiger partial charge in [-0.05, 0) is 47.9 Å². The molecule has 0 bridgehead atoms. The molecule has 0 saturated heterocycles. The molecule has 0 aromatic heterocycles. The number of amides is 2. The van der Waals surface area contributed by atoms with E-state index < -0.39 is 6.04 Å². The number of rotatable bonds is 12. The average Bonchev–Trinajstić information content (AvgIpc) is 2.86. The van der Waals surface area contributed by atoms with Gasteiger partial charge in [-0.3, -0.25) is 9.59 Å². The lowest BCUT2D eigenvalue weighted by molar-refractivity contribution is -0.142. The van der Waals surface area contributed by atoms with Crippen LogP contribution in [0.4, 0.5) is 0 Å². The lowest BCUT2D eigenvalue weighted by Gasteiger charge is -2.31. The molecule has 1 atom stereocenters. The molecule has 190 valence electrons. The maximum atomic E-state index is 13.6. The fourth-order valence-corrected chi connectivity index (χ4v) is 4.88. The van der Waals surface area contributed by atoms with Crippen LogP contribution in [-0.4, -0.2) is 35.9 Å². The summed E-state index contributed by atoms with van der Waals surface area (Å²) in [6.07, 6.45) is 2.22. The van der Waals surface area contributed by atoms with Gasteiger partial charge in [0.05, 0.1) is 5.02 Å². The quantitative estimate of drug-likeness (QED) is 0.223. The first-order chi connectivity index (χ1) is 17.4. The standard InChI is InChI=1S/C28H29Br2ClN2O3/c1-2-3-14-32-28(35)25(16-20-8-5-4-6-9-20)33(18-21-10-7-11-22(29)15-21)27(34)19-36-26-13-12-23(30)17-24(26)31/h4-13,15,17,25H,2-3,14,16,18-19H2,1H3,(H,32,35)/t25-/m1/s1. The van der Waals surface area contributed by atoms with Gasteiger partial charge in [0, 0.05) is 28.5 Å². The monoisotopic (exact) mass is 634 g/mol. The zero-order chi connectivity index (χ0) is 25.9. The number of halogens is 3. The third-order valence-electron chi connectivity index (χ3n) is 5.59. The summed E-state index contributed by atoms with van der Waals surface area (Å²) < 4.78 is 7.50. The van der Waals surface area contributed by atoms with Crippen LogP contribution in [0.5, 0.6) is 5.75 Å². The second kappa shape index (κ2) is 14.4. The van der Waals surface area contributed by atoms with Gasteiger partial charge in [-0.1, -0.05) is 99.3 Å². The first-order valence-corrected chi connectivity index (χ1v) is 13.8. The molecule has 0 aliphatic rings. The lowest BCUT2D eigenvalue weighted by atomic mass is 10.0. The van der Waals surface area contributed by atoms with Crippen LogP contribution in [0.1, 0.15) is 30.9 Å². The number of benzene rings is 3. The van der Waals surface area contributed by atoms with E-state index in [1.807, 2.05) is 54.6 Å². The van der Waals surface area contributed by atoms with Crippen molar-refractivity contribution in [3.8, 4) is 5.75 Å². The molecule has 0 spiro atoms. The average molecular weight is 637 g/mol. The van der Waals surface area contributed by atoms with Gasteiger partial charge in [-0.15, -0.1) is 0 Å². The second-order valence-corrected chi connectivity index (χ2v) is 10.6. The number of carbonyl (C=O) groups is 2. The van der Waals surface area contributed by atoms with Gasteiger partial charge in [0.15, 0.2) is 6.61 Å². The van der Waals surface area contributed by atoms with Crippen molar-refractivity contribution in [1.82, 2.24) is 10.2 Å². The Morgan fingerprint density at radius 2 is 1.69 bits per heavy atom. The molecular weight excluding hydrogens is 608 g/mol. The summed E-state index contributed by atoms with van der Waals surface area (Å²) in [4.78, 5) is 28.6. The van der Waals surface area contributed by atoms with E-state index in [1.165, 1.54) is 0 Å². The molecule has 0 aliphatic heterocycles. The minimum absolute atomic E-state index is 0.183. The smallest absolute Gasteiger partial charge is 0.261 e. The summed E-state index contributed by atoms with van der Waals surface area (Å²) in [5.74, 6) is -0.0829. The lowest BCUT2D eigenvalue weighted by Crippen LogP contribution is -2.51. The molecule has 0 aliphatic carbocycles. The maximum Gasteiger partial charge on any atom is 0.261 e. The molecule has 3 aromatic carbocycles. The molecule has 0 unspecified atom stereocenters. The van der Waals surface area contributed by atoms with Crippen LogP contribution in [0, 0.1) is 0 Å². The maximum absolute atomic E-state index is 13.6. The van der Waals surface area contributed by atoms with Crippen molar-refractivity contribution in [3.63, 3.8) is 0 Å². The van der Waals surface area contributed by atoms with Crippen molar-refractivity contribution in [2.75, 3.05) is 13.2 Å². The van der Waals surface area contributed by atoms with Gasteiger partial charge < -0.3 is 15.0 Å². The van der Waals surface area contributed by atoms with E-state index in [9.17, 15) is 9.59 Å². The first kappa shape index (κ1) is 28.2. The molecule has 3 rings (SSSR count). The molecule has 0 saturated carbocycles. The van der Waals surface area contributed by atoms with E-state index in [4.69, 9.17) is 16.3 Å². The molecule has 3 aromatic rings. The molecule has 5 nitrogen and oxygen atoms in total. The fourth-order valence-electron chi connectivity index (χ4n) is 3.71. The number of carbonyl (C=O) groups excluding carboxylic acids is 2. The zero-order valence-electron chi connectivity index (χ0n) is 20.1. The molecule has 8 heteroatoms. The Labute approximate surface area is 234 Å². The highest BCUT2D eigenvalue weighted by Crippen LogP contribution is 2.28. The molecular formula is C28H29Br2ClN2O3. The van der Waals surface area contributed by atoms with Crippen LogP contribution < -0.4 is 10.1 Å². The van der Waals surface area contributed by atoms with Crippen molar-refractivity contribution < 1.29 is 14.3 Å². The van der Waals surface area contributed by atoms with Crippen molar-refractivity contribution >= 4 is 55.3 Å². The number of hydrogen-bond acceptors (Lipinski definition) is 3. The predicted octanol–water partition coefficient (Wildman–Crippen LogP) is 6.80. The molecule has 36 heavy (non-hydrogen) atoms. The minimum Gasteiger partial charge on any atom is -0.482 e. The van der Waals surface area contributed by atoms with Crippen LogP contribution in [0.15, 0.2) is 81.7 Å². The predicted molar refractivity (Wildman–Crippen MR) is 151 cm³/mol. The summed E-state index contributed by atoms with van der Waals surface area (Å²) >= 11 is 13.2. The molecule has 2 amide bonds. The summed E-state index contributed by atoms with van der Waals surface area (Å²) in [7, 11) is 0. The van der Waals surface area contributed by atoms with Crippen LogP contribution >= 0.6 is 43.5 Å². The van der Waals surface area contributed by atoms with E-state index in [1.54, 1.807) is 23.1 Å². The van der Waals surface area contributed by atoms with E-state index in [-0.39, 0.29) is 25.0 Å². The van der Waals surface area contributed by atoms with Gasteiger partial charge in [-0.25, -0.2) is 0 Å². The number of hydrogen-bond donors (Lipinski definition) is 1. The van der Waals surface area contributed by atoms with Crippen LogP contribution in [-0.2, 0) is 22.6 Å². The summed E-state index contributed by atoms with van der Waals surface area (Å²) in [6, 6.07) is 21.9. The van der Waals surface area contributed by atoms with E-state index >= 15 is 0 Å². The third-order valence-corrected chi connectivity index (χ3v) is 6.87. The van der Waals surface area contributed by atoms with Gasteiger partial charge in [0.2, 0.25) is 5.91 Å². The van der Waals surface area contributed by atoms with Gasteiger partial charge in [0.25, 0.3) is 5.91 Å². The number of ether oxygens (including phenoxy) is 1. The fraction of sp³-hybridized carbons (Fsp3) is 0.286. The van der Waals surface area contributed by atoms with Gasteiger partial charge in [-0.2, -0.15) is 0 Å². The van der Waals surface area contributed by atoms with Crippen molar-refractivity contribution in [2.24, 2.45) is 0 Å². The number of unbranched alkanes of at least 4 members (excludes halogenated alkanes) is 1. The first-order valence-electron chi connectivity index (χ1n) is 11.8. The highest BCUT2D eigenvalue weighted by atomic mass is 79.9. The Kier molecular flexibility index (Phi) is 11.3. The highest BCUT2D eigenvalue weighted by Gasteiger charge is 2.30. The topological polar surface area (TPSA) is 58.6 Å². The minimum atomic E-state index is -0.709. The number of nitrogens with one attached hydrogen (secondary N) is 1. The molecule has 0 heterocycles. The van der Waals surface area contributed by atoms with Crippen LogP contribution in [0.2, 0.25) is 5.02 Å². The summed E-state index contributed by atoms with van der Waals surface area (Å²) in [5, 5.41) is 3.41. The summed E-state index contributed by atoms with van der Waals surface area (Å²) in [6.45, 7) is 2.64. The van der Waals surface area contributed by atoms with Crippen molar-refractivity contribution in [3.05, 3.63) is 97.9 Å².